The standard InChI is InChI=1S/C9H11NO3S/c1-14(12,13)9-5-3-2-4-8(9)6-10-7-11/h2-5,7H,6H2,1H3,(H,10,11). The Labute approximate surface area is 82.9 Å². The Hall–Kier alpha value is -1.36. The molecule has 0 spiro atoms. The van der Waals surface area contributed by atoms with E-state index in [4.69, 9.17) is 0 Å². The molecule has 0 aromatic heterocycles. The summed E-state index contributed by atoms with van der Waals surface area (Å²) in [6, 6.07) is 6.58. The maximum Gasteiger partial charge on any atom is 0.207 e. The third-order valence-corrected chi connectivity index (χ3v) is 2.95. The molecule has 1 rings (SSSR count). The van der Waals surface area contributed by atoms with Crippen LogP contribution in [0.2, 0.25) is 0 Å². The number of nitrogens with one attached hydrogen (secondary N) is 1. The number of benzene rings is 1. The van der Waals surface area contributed by atoms with E-state index < -0.39 is 9.84 Å². The van der Waals surface area contributed by atoms with Gasteiger partial charge in [-0.25, -0.2) is 8.42 Å². The topological polar surface area (TPSA) is 63.2 Å². The van der Waals surface area contributed by atoms with Crippen molar-refractivity contribution in [3.8, 4) is 0 Å². The minimum Gasteiger partial charge on any atom is -0.355 e. The van der Waals surface area contributed by atoms with Gasteiger partial charge in [0.2, 0.25) is 6.41 Å². The molecule has 14 heavy (non-hydrogen) atoms. The molecule has 0 radical (unpaired) electrons. The Kier molecular flexibility index (Phi) is 3.24. The molecule has 1 amide bonds. The van der Waals surface area contributed by atoms with E-state index in [2.05, 4.69) is 5.32 Å². The Morgan fingerprint density at radius 1 is 1.36 bits per heavy atom. The van der Waals surface area contributed by atoms with E-state index in [0.29, 0.717) is 12.0 Å². The highest BCUT2D eigenvalue weighted by atomic mass is 32.2. The van der Waals surface area contributed by atoms with Crippen LogP contribution in [0.15, 0.2) is 29.2 Å². The summed E-state index contributed by atoms with van der Waals surface area (Å²) in [7, 11) is -3.22. The zero-order valence-corrected chi connectivity index (χ0v) is 8.54. The average Bonchev–Trinajstić information content (AvgIpc) is 2.14. The number of hydrogen-bond donors (Lipinski definition) is 1. The molecule has 0 aliphatic rings. The number of amides is 1. The summed E-state index contributed by atoms with van der Waals surface area (Å²) in [4.78, 5) is 10.3. The molecule has 4 nitrogen and oxygen atoms in total. The normalized spacial score (nSPS) is 10.9. The lowest BCUT2D eigenvalue weighted by Crippen LogP contribution is -2.13. The summed E-state index contributed by atoms with van der Waals surface area (Å²) in [5, 5.41) is 2.43. The SMILES string of the molecule is CS(=O)(=O)c1ccccc1CNC=O. The summed E-state index contributed by atoms with van der Waals surface area (Å²) < 4.78 is 22.6. The van der Waals surface area contributed by atoms with Crippen LogP contribution >= 0.6 is 0 Å². The molecule has 5 heteroatoms. The molecule has 1 aromatic rings. The van der Waals surface area contributed by atoms with Gasteiger partial charge in [0.15, 0.2) is 9.84 Å². The summed E-state index contributed by atoms with van der Waals surface area (Å²) in [5.41, 5.74) is 0.599. The molecule has 0 unspecified atom stereocenters. The van der Waals surface area contributed by atoms with Gasteiger partial charge in [0.1, 0.15) is 0 Å². The summed E-state index contributed by atoms with van der Waals surface area (Å²) in [6.45, 7) is 0.229. The van der Waals surface area contributed by atoms with Gasteiger partial charge in [-0.1, -0.05) is 18.2 Å². The maximum atomic E-state index is 11.3. The van der Waals surface area contributed by atoms with Crippen molar-refractivity contribution in [3.63, 3.8) is 0 Å². The van der Waals surface area contributed by atoms with Crippen molar-refractivity contribution in [1.82, 2.24) is 5.32 Å². The first-order chi connectivity index (χ1) is 6.55. The monoisotopic (exact) mass is 213 g/mol. The number of hydrogen-bond acceptors (Lipinski definition) is 3. The van der Waals surface area contributed by atoms with Gasteiger partial charge >= 0.3 is 0 Å². The third-order valence-electron chi connectivity index (χ3n) is 1.75. The van der Waals surface area contributed by atoms with Crippen molar-refractivity contribution in [2.75, 3.05) is 6.26 Å². The van der Waals surface area contributed by atoms with Crippen molar-refractivity contribution in [1.29, 1.82) is 0 Å². The van der Waals surface area contributed by atoms with Gasteiger partial charge < -0.3 is 5.32 Å². The summed E-state index contributed by atoms with van der Waals surface area (Å²) in [5.74, 6) is 0. The molecule has 0 aliphatic heterocycles. The maximum absolute atomic E-state index is 11.3. The second kappa shape index (κ2) is 4.23. The highest BCUT2D eigenvalue weighted by Gasteiger charge is 2.11. The number of rotatable bonds is 4. The Balaban J connectivity index is 3.10. The lowest BCUT2D eigenvalue weighted by atomic mass is 10.2. The molecular formula is C9H11NO3S. The van der Waals surface area contributed by atoms with E-state index in [1.165, 1.54) is 6.07 Å². The second-order valence-corrected chi connectivity index (χ2v) is 4.86. The van der Waals surface area contributed by atoms with Crippen molar-refractivity contribution < 1.29 is 13.2 Å². The van der Waals surface area contributed by atoms with Crippen LogP contribution in [-0.4, -0.2) is 21.1 Å². The fourth-order valence-electron chi connectivity index (χ4n) is 1.16. The molecule has 1 N–H and O–H groups in total. The molecule has 0 bridgehead atoms. The zero-order valence-electron chi connectivity index (χ0n) is 7.73. The molecule has 1 aromatic carbocycles. The van der Waals surface area contributed by atoms with Gasteiger partial charge in [0.25, 0.3) is 0 Å². The highest BCUT2D eigenvalue weighted by molar-refractivity contribution is 7.90. The molecule has 0 atom stereocenters. The third kappa shape index (κ3) is 2.56. The predicted molar refractivity (Wildman–Crippen MR) is 52.5 cm³/mol. The Morgan fingerprint density at radius 3 is 2.57 bits per heavy atom. The molecule has 0 saturated carbocycles. The van der Waals surface area contributed by atoms with Gasteiger partial charge in [-0.15, -0.1) is 0 Å². The first kappa shape index (κ1) is 10.7. The Morgan fingerprint density at radius 2 is 2.00 bits per heavy atom. The molecule has 0 saturated heterocycles. The van der Waals surface area contributed by atoms with Gasteiger partial charge in [-0.2, -0.15) is 0 Å². The quantitative estimate of drug-likeness (QED) is 0.733. The number of sulfone groups is 1. The predicted octanol–water partition coefficient (Wildman–Crippen LogP) is 0.336. The van der Waals surface area contributed by atoms with E-state index in [1.807, 2.05) is 0 Å². The molecule has 0 fully saturated rings. The van der Waals surface area contributed by atoms with Crippen molar-refractivity contribution in [2.45, 2.75) is 11.4 Å². The Bertz CT molecular complexity index is 425. The largest absolute Gasteiger partial charge is 0.355 e. The summed E-state index contributed by atoms with van der Waals surface area (Å²) >= 11 is 0. The van der Waals surface area contributed by atoms with Crippen LogP contribution in [0, 0.1) is 0 Å². The van der Waals surface area contributed by atoms with Crippen LogP contribution < -0.4 is 5.32 Å². The first-order valence-electron chi connectivity index (χ1n) is 4.00. The van der Waals surface area contributed by atoms with Crippen molar-refractivity contribution in [2.24, 2.45) is 0 Å². The number of carbonyl (C=O) groups excluding carboxylic acids is 1. The van der Waals surface area contributed by atoms with Gasteiger partial charge in [0.05, 0.1) is 4.90 Å². The fourth-order valence-corrected chi connectivity index (χ4v) is 2.11. The van der Waals surface area contributed by atoms with Gasteiger partial charge in [0, 0.05) is 12.8 Å². The number of carbonyl (C=O) groups is 1. The van der Waals surface area contributed by atoms with Crippen LogP contribution in [0.3, 0.4) is 0 Å². The van der Waals surface area contributed by atoms with Crippen LogP contribution in [0.1, 0.15) is 5.56 Å². The van der Waals surface area contributed by atoms with E-state index in [1.54, 1.807) is 18.2 Å². The van der Waals surface area contributed by atoms with E-state index in [0.717, 1.165) is 6.26 Å². The fraction of sp³-hybridized carbons (Fsp3) is 0.222. The lowest BCUT2D eigenvalue weighted by Gasteiger charge is -2.06. The average molecular weight is 213 g/mol. The molecule has 76 valence electrons. The van der Waals surface area contributed by atoms with Gasteiger partial charge in [-0.3, -0.25) is 4.79 Å². The van der Waals surface area contributed by atoms with E-state index in [-0.39, 0.29) is 11.4 Å². The second-order valence-electron chi connectivity index (χ2n) is 2.88. The molecule has 0 heterocycles. The van der Waals surface area contributed by atoms with Crippen LogP contribution in [0.5, 0.6) is 0 Å². The minimum atomic E-state index is -3.22. The first-order valence-corrected chi connectivity index (χ1v) is 5.90. The van der Waals surface area contributed by atoms with Gasteiger partial charge in [-0.05, 0) is 11.6 Å². The zero-order chi connectivity index (χ0) is 10.6. The van der Waals surface area contributed by atoms with Crippen LogP contribution in [-0.2, 0) is 21.2 Å². The van der Waals surface area contributed by atoms with Crippen molar-refractivity contribution >= 4 is 16.2 Å². The van der Waals surface area contributed by atoms with Crippen LogP contribution in [0.25, 0.3) is 0 Å². The molecular weight excluding hydrogens is 202 g/mol. The minimum absolute atomic E-state index is 0.229. The summed E-state index contributed by atoms with van der Waals surface area (Å²) in [6.07, 6.45) is 1.69. The van der Waals surface area contributed by atoms with Crippen molar-refractivity contribution in [3.05, 3.63) is 29.8 Å². The lowest BCUT2D eigenvalue weighted by molar-refractivity contribution is -0.109. The van der Waals surface area contributed by atoms with E-state index in [9.17, 15) is 13.2 Å². The molecule has 0 aliphatic carbocycles. The smallest absolute Gasteiger partial charge is 0.207 e. The van der Waals surface area contributed by atoms with Crippen LogP contribution in [0.4, 0.5) is 0 Å². The van der Waals surface area contributed by atoms with E-state index >= 15 is 0 Å². The highest BCUT2D eigenvalue weighted by Crippen LogP contribution is 2.14.